The molecule has 0 aromatic heterocycles. The first kappa shape index (κ1) is 22.0. The second kappa shape index (κ2) is 8.72. The zero-order valence-corrected chi connectivity index (χ0v) is 18.9. The van der Waals surface area contributed by atoms with Gasteiger partial charge < -0.3 is 15.8 Å². The lowest BCUT2D eigenvalue weighted by Gasteiger charge is -2.30. The molecule has 9 heteroatoms. The number of methoxy groups -OCH3 is 1. The average molecular weight is 472 g/mol. The maximum Gasteiger partial charge on any atom is 0.264 e. The van der Waals surface area contributed by atoms with Gasteiger partial charge in [0.15, 0.2) is 0 Å². The van der Waals surface area contributed by atoms with Crippen LogP contribution in [0.1, 0.15) is 22.3 Å². The van der Waals surface area contributed by atoms with Crippen LogP contribution in [-0.2, 0) is 16.4 Å². The van der Waals surface area contributed by atoms with Gasteiger partial charge in [-0.15, -0.1) is 0 Å². The van der Waals surface area contributed by atoms with Crippen LogP contribution in [0, 0.1) is 0 Å². The number of anilines is 3. The summed E-state index contributed by atoms with van der Waals surface area (Å²) in [7, 11) is -2.37. The van der Waals surface area contributed by atoms with E-state index < -0.39 is 15.9 Å². The van der Waals surface area contributed by atoms with E-state index in [2.05, 4.69) is 5.32 Å². The summed E-state index contributed by atoms with van der Waals surface area (Å²) < 4.78 is 33.4. The molecule has 0 saturated carbocycles. The largest absolute Gasteiger partial charge is 0.497 e. The Morgan fingerprint density at radius 1 is 1.12 bits per heavy atom. The predicted molar refractivity (Wildman–Crippen MR) is 126 cm³/mol. The summed E-state index contributed by atoms with van der Waals surface area (Å²) in [5.74, 6) is -0.0586. The number of aryl methyl sites for hydroxylation is 1. The van der Waals surface area contributed by atoms with Crippen molar-refractivity contribution in [2.75, 3.05) is 29.0 Å². The minimum absolute atomic E-state index is 0.0347. The number of para-hydroxylation sites is 1. The van der Waals surface area contributed by atoms with Crippen molar-refractivity contribution >= 4 is 44.6 Å². The number of rotatable bonds is 5. The molecule has 3 aromatic rings. The molecule has 1 aliphatic rings. The number of nitrogens with one attached hydrogen (secondary N) is 1. The molecule has 166 valence electrons. The number of nitrogens with two attached hydrogens (primary N) is 1. The number of carbonyl (C=O) groups is 1. The number of carbonyl (C=O) groups excluding carboxylic acids is 1. The number of fused-ring (bicyclic) bond motifs is 1. The minimum atomic E-state index is -3.86. The molecule has 1 aliphatic heterocycles. The van der Waals surface area contributed by atoms with E-state index in [0.717, 1.165) is 18.4 Å². The van der Waals surface area contributed by atoms with E-state index in [1.165, 1.54) is 35.7 Å². The van der Waals surface area contributed by atoms with Crippen molar-refractivity contribution in [1.82, 2.24) is 0 Å². The molecule has 0 bridgehead atoms. The molecule has 0 fully saturated rings. The molecule has 0 unspecified atom stereocenters. The number of nitrogens with zero attached hydrogens (tertiary/aromatic N) is 1. The number of amides is 1. The summed E-state index contributed by atoms with van der Waals surface area (Å²) in [4.78, 5) is 12.9. The minimum Gasteiger partial charge on any atom is -0.497 e. The Kier molecular flexibility index (Phi) is 5.99. The number of hydrogen-bond donors (Lipinski definition) is 2. The molecule has 7 nitrogen and oxygen atoms in total. The van der Waals surface area contributed by atoms with E-state index >= 15 is 0 Å². The van der Waals surface area contributed by atoms with E-state index in [0.29, 0.717) is 18.0 Å². The van der Waals surface area contributed by atoms with Crippen LogP contribution in [0.4, 0.5) is 17.1 Å². The topological polar surface area (TPSA) is 102 Å². The van der Waals surface area contributed by atoms with Crippen molar-refractivity contribution in [3.8, 4) is 5.75 Å². The van der Waals surface area contributed by atoms with Crippen molar-refractivity contribution in [1.29, 1.82) is 0 Å². The molecule has 1 heterocycles. The number of sulfonamides is 1. The van der Waals surface area contributed by atoms with Crippen molar-refractivity contribution < 1.29 is 17.9 Å². The standard InChI is InChI=1S/C23H22ClN3O4S/c1-31-16-8-11-20(25)18(13-16)23(28)26-21-14-17(9-10-19(21)24)32(29,30)27-12-4-6-15-5-2-3-7-22(15)27/h2-3,5,7-11,13-14H,4,6,12,25H2,1H3,(H,26,28). The van der Waals surface area contributed by atoms with Gasteiger partial charge in [-0.25, -0.2) is 8.42 Å². The lowest BCUT2D eigenvalue weighted by molar-refractivity contribution is 0.102. The molecule has 0 saturated heterocycles. The van der Waals surface area contributed by atoms with Crippen LogP contribution in [0.5, 0.6) is 5.75 Å². The van der Waals surface area contributed by atoms with Crippen LogP contribution in [0.3, 0.4) is 0 Å². The van der Waals surface area contributed by atoms with Crippen LogP contribution >= 0.6 is 11.6 Å². The smallest absolute Gasteiger partial charge is 0.264 e. The molecule has 0 atom stereocenters. The zero-order valence-electron chi connectivity index (χ0n) is 17.3. The molecular formula is C23H22ClN3O4S. The third kappa shape index (κ3) is 4.11. The fourth-order valence-corrected chi connectivity index (χ4v) is 5.42. The quantitative estimate of drug-likeness (QED) is 0.539. The van der Waals surface area contributed by atoms with E-state index in [1.54, 1.807) is 18.2 Å². The molecule has 32 heavy (non-hydrogen) atoms. The molecule has 0 radical (unpaired) electrons. The first-order valence-electron chi connectivity index (χ1n) is 9.96. The summed E-state index contributed by atoms with van der Waals surface area (Å²) in [5, 5.41) is 2.87. The van der Waals surface area contributed by atoms with Crippen LogP contribution in [0.15, 0.2) is 65.6 Å². The van der Waals surface area contributed by atoms with Gasteiger partial charge in [0, 0.05) is 12.2 Å². The fourth-order valence-electron chi connectivity index (χ4n) is 3.69. The van der Waals surface area contributed by atoms with Gasteiger partial charge in [-0.2, -0.15) is 0 Å². The zero-order chi connectivity index (χ0) is 22.9. The Bertz CT molecular complexity index is 1290. The van der Waals surface area contributed by atoms with Crippen LogP contribution in [0.2, 0.25) is 5.02 Å². The first-order valence-corrected chi connectivity index (χ1v) is 11.8. The predicted octanol–water partition coefficient (Wildman–Crippen LogP) is 4.32. The van der Waals surface area contributed by atoms with Gasteiger partial charge in [-0.1, -0.05) is 29.8 Å². The second-order valence-corrected chi connectivity index (χ2v) is 9.63. The van der Waals surface area contributed by atoms with Gasteiger partial charge >= 0.3 is 0 Å². The third-order valence-corrected chi connectivity index (χ3v) is 7.49. The van der Waals surface area contributed by atoms with Crippen LogP contribution < -0.4 is 20.1 Å². The molecule has 0 spiro atoms. The Balaban J connectivity index is 1.67. The summed E-state index contributed by atoms with van der Waals surface area (Å²) >= 11 is 6.26. The van der Waals surface area contributed by atoms with Gasteiger partial charge in [0.1, 0.15) is 5.75 Å². The Morgan fingerprint density at radius 3 is 2.69 bits per heavy atom. The highest BCUT2D eigenvalue weighted by atomic mass is 35.5. The molecule has 0 aliphatic carbocycles. The van der Waals surface area contributed by atoms with Gasteiger partial charge in [-0.3, -0.25) is 9.10 Å². The highest BCUT2D eigenvalue weighted by Gasteiger charge is 2.29. The fraction of sp³-hybridized carbons (Fsp3) is 0.174. The lowest BCUT2D eigenvalue weighted by atomic mass is 10.0. The normalized spacial score (nSPS) is 13.4. The van der Waals surface area contributed by atoms with Gasteiger partial charge in [-0.05, 0) is 60.9 Å². The van der Waals surface area contributed by atoms with E-state index in [9.17, 15) is 13.2 Å². The Labute approximate surface area is 191 Å². The number of hydrogen-bond acceptors (Lipinski definition) is 5. The molecule has 4 rings (SSSR count). The molecular weight excluding hydrogens is 450 g/mol. The van der Waals surface area contributed by atoms with Crippen LogP contribution in [-0.4, -0.2) is 28.0 Å². The van der Waals surface area contributed by atoms with Gasteiger partial charge in [0.05, 0.1) is 34.0 Å². The van der Waals surface area contributed by atoms with E-state index in [-0.39, 0.29) is 26.9 Å². The Hall–Kier alpha value is -3.23. The highest BCUT2D eigenvalue weighted by molar-refractivity contribution is 7.92. The van der Waals surface area contributed by atoms with Gasteiger partial charge in [0.2, 0.25) is 0 Å². The van der Waals surface area contributed by atoms with Crippen molar-refractivity contribution in [2.24, 2.45) is 0 Å². The molecule has 3 N–H and O–H groups in total. The molecule has 1 amide bonds. The second-order valence-electron chi connectivity index (χ2n) is 7.36. The SMILES string of the molecule is COc1ccc(N)c(C(=O)Nc2cc(S(=O)(=O)N3CCCc4ccccc43)ccc2Cl)c1. The Morgan fingerprint density at radius 2 is 1.91 bits per heavy atom. The first-order chi connectivity index (χ1) is 15.3. The number of benzene rings is 3. The monoisotopic (exact) mass is 471 g/mol. The van der Waals surface area contributed by atoms with Crippen molar-refractivity contribution in [2.45, 2.75) is 17.7 Å². The van der Waals surface area contributed by atoms with Gasteiger partial charge in [0.25, 0.3) is 15.9 Å². The van der Waals surface area contributed by atoms with Crippen molar-refractivity contribution in [3.63, 3.8) is 0 Å². The molecule has 3 aromatic carbocycles. The van der Waals surface area contributed by atoms with Crippen LogP contribution in [0.25, 0.3) is 0 Å². The maximum atomic E-state index is 13.4. The summed E-state index contributed by atoms with van der Waals surface area (Å²) in [6, 6.07) is 16.4. The summed E-state index contributed by atoms with van der Waals surface area (Å²) in [5.41, 5.74) is 8.20. The van der Waals surface area contributed by atoms with E-state index in [1.807, 2.05) is 18.2 Å². The highest BCUT2D eigenvalue weighted by Crippen LogP contribution is 2.34. The number of nitrogen functional groups attached to an aromatic ring is 1. The third-order valence-electron chi connectivity index (χ3n) is 5.35. The number of ether oxygens (including phenoxy) is 1. The summed E-state index contributed by atoms with van der Waals surface area (Å²) in [6.45, 7) is 0.379. The number of halogens is 1. The van der Waals surface area contributed by atoms with E-state index in [4.69, 9.17) is 22.1 Å². The maximum absolute atomic E-state index is 13.4. The average Bonchev–Trinajstić information content (AvgIpc) is 2.80. The van der Waals surface area contributed by atoms with Crippen molar-refractivity contribution in [3.05, 3.63) is 76.8 Å². The lowest BCUT2D eigenvalue weighted by Crippen LogP contribution is -2.35. The summed E-state index contributed by atoms with van der Waals surface area (Å²) in [6.07, 6.45) is 1.55.